The molecule has 9 nitrogen and oxygen atoms in total. The second-order valence-corrected chi connectivity index (χ2v) is 7.05. The summed E-state index contributed by atoms with van der Waals surface area (Å²) >= 11 is 0. The monoisotopic (exact) mass is 409 g/mol. The van der Waals surface area contributed by atoms with E-state index in [-0.39, 0.29) is 30.3 Å². The fourth-order valence-electron chi connectivity index (χ4n) is 3.44. The van der Waals surface area contributed by atoms with Gasteiger partial charge in [-0.15, -0.1) is 12.4 Å². The van der Waals surface area contributed by atoms with Crippen LogP contribution in [0, 0.1) is 5.92 Å². The van der Waals surface area contributed by atoms with Crippen LogP contribution in [0.1, 0.15) is 34.8 Å². The Bertz CT molecular complexity index is 795. The van der Waals surface area contributed by atoms with E-state index in [0.29, 0.717) is 31.1 Å². The Morgan fingerprint density at radius 2 is 1.79 bits per heavy atom. The van der Waals surface area contributed by atoms with Crippen LogP contribution in [0.15, 0.2) is 24.8 Å². The second-order valence-electron chi connectivity index (χ2n) is 7.05. The Labute approximate surface area is 170 Å². The van der Waals surface area contributed by atoms with Crippen LogP contribution in [0.3, 0.4) is 0 Å². The molecule has 28 heavy (non-hydrogen) atoms. The Morgan fingerprint density at radius 3 is 2.32 bits per heavy atom. The van der Waals surface area contributed by atoms with Crippen LogP contribution in [0.25, 0.3) is 0 Å². The summed E-state index contributed by atoms with van der Waals surface area (Å²) in [6.45, 7) is 2.02. The van der Waals surface area contributed by atoms with Crippen molar-refractivity contribution in [3.63, 3.8) is 0 Å². The first-order valence-corrected chi connectivity index (χ1v) is 9.19. The van der Waals surface area contributed by atoms with E-state index in [1.807, 2.05) is 18.1 Å². The molecule has 0 radical (unpaired) electrons. The molecule has 2 aromatic heterocycles. The molecule has 2 aromatic rings. The summed E-state index contributed by atoms with van der Waals surface area (Å²) < 4.78 is 3.31. The summed E-state index contributed by atoms with van der Waals surface area (Å²) in [5.74, 6) is 0.345. The zero-order chi connectivity index (χ0) is 19.4. The van der Waals surface area contributed by atoms with Crippen LogP contribution < -0.4 is 10.6 Å². The molecular formula is C18H28ClN7O2. The van der Waals surface area contributed by atoms with Crippen molar-refractivity contribution in [2.45, 2.75) is 18.9 Å². The van der Waals surface area contributed by atoms with Crippen molar-refractivity contribution in [1.29, 1.82) is 0 Å². The third-order valence-electron chi connectivity index (χ3n) is 5.04. The van der Waals surface area contributed by atoms with Crippen LogP contribution in [-0.2, 0) is 18.9 Å². The molecule has 0 saturated carbocycles. The number of rotatable bonds is 6. The number of nitrogens with zero attached hydrogens (tertiary/aromatic N) is 5. The van der Waals surface area contributed by atoms with E-state index in [9.17, 15) is 9.59 Å². The smallest absolute Gasteiger partial charge is 0.254 e. The molecule has 0 aliphatic carbocycles. The van der Waals surface area contributed by atoms with Gasteiger partial charge in [-0.3, -0.25) is 19.0 Å². The van der Waals surface area contributed by atoms with E-state index in [1.54, 1.807) is 42.0 Å². The molecule has 1 aliphatic heterocycles. The molecule has 1 unspecified atom stereocenters. The van der Waals surface area contributed by atoms with Crippen LogP contribution >= 0.6 is 12.4 Å². The Morgan fingerprint density at radius 1 is 1.14 bits per heavy atom. The summed E-state index contributed by atoms with van der Waals surface area (Å²) in [6, 6.07) is -0.375. The van der Waals surface area contributed by atoms with Gasteiger partial charge in [-0.05, 0) is 25.8 Å². The minimum absolute atomic E-state index is 0. The lowest BCUT2D eigenvalue weighted by Crippen LogP contribution is -2.45. The molecule has 1 fully saturated rings. The van der Waals surface area contributed by atoms with Gasteiger partial charge in [0.05, 0.1) is 18.0 Å². The van der Waals surface area contributed by atoms with Crippen molar-refractivity contribution in [2.24, 2.45) is 20.0 Å². The molecule has 2 N–H and O–H groups in total. The van der Waals surface area contributed by atoms with E-state index in [1.165, 1.54) is 0 Å². The Kier molecular flexibility index (Phi) is 7.59. The highest BCUT2D eigenvalue weighted by molar-refractivity contribution is 5.93. The van der Waals surface area contributed by atoms with Gasteiger partial charge in [-0.2, -0.15) is 10.2 Å². The van der Waals surface area contributed by atoms with Gasteiger partial charge in [0, 0.05) is 51.7 Å². The quantitative estimate of drug-likeness (QED) is 0.724. The molecule has 3 heterocycles. The maximum Gasteiger partial charge on any atom is 0.254 e. The zero-order valence-corrected chi connectivity index (χ0v) is 17.3. The number of piperidine rings is 1. The van der Waals surface area contributed by atoms with E-state index in [0.717, 1.165) is 18.4 Å². The van der Waals surface area contributed by atoms with Gasteiger partial charge < -0.3 is 15.5 Å². The second kappa shape index (κ2) is 9.70. The highest BCUT2D eigenvalue weighted by Gasteiger charge is 2.29. The lowest BCUT2D eigenvalue weighted by molar-refractivity contribution is -0.134. The number of hydrogen-bond donors (Lipinski definition) is 2. The molecular weight excluding hydrogens is 382 g/mol. The number of aryl methyl sites for hydroxylation is 2. The molecule has 10 heteroatoms. The first-order chi connectivity index (χ1) is 13.0. The molecule has 1 saturated heterocycles. The molecule has 1 aliphatic rings. The number of carbonyl (C=O) groups is 2. The average Bonchev–Trinajstić information content (AvgIpc) is 3.29. The predicted molar refractivity (Wildman–Crippen MR) is 107 cm³/mol. The van der Waals surface area contributed by atoms with Gasteiger partial charge in [0.15, 0.2) is 0 Å². The summed E-state index contributed by atoms with van der Waals surface area (Å²) in [6.07, 6.45) is 8.60. The molecule has 3 rings (SSSR count). The lowest BCUT2D eigenvalue weighted by Gasteiger charge is -2.34. The number of likely N-dealkylation sites (N-methyl/N-ethyl adjacent to an activating group) is 1. The number of amides is 2. The fourth-order valence-corrected chi connectivity index (χ4v) is 3.44. The maximum atomic E-state index is 12.8. The van der Waals surface area contributed by atoms with Crippen LogP contribution in [-0.4, -0.2) is 63.0 Å². The maximum absolute atomic E-state index is 12.8. The van der Waals surface area contributed by atoms with Crippen molar-refractivity contribution < 1.29 is 9.59 Å². The highest BCUT2D eigenvalue weighted by atomic mass is 35.5. The van der Waals surface area contributed by atoms with Crippen LogP contribution in [0.5, 0.6) is 0 Å². The van der Waals surface area contributed by atoms with Crippen molar-refractivity contribution in [1.82, 2.24) is 35.1 Å². The zero-order valence-electron chi connectivity index (χ0n) is 16.5. The minimum atomic E-state index is -0.375. The third kappa shape index (κ3) is 5.11. The standard InChI is InChI=1S/C18H27N7O2.ClH/c1-19-16(14-9-21-23(2)11-14)18(27)25-6-4-13(5-7-25)8-20-17(26)15-10-22-24(3)12-15;/h9-13,16,19H,4-8H2,1-3H3,(H,20,26);1H. The Hall–Kier alpha value is -2.39. The fraction of sp³-hybridized carbons (Fsp3) is 0.556. The number of hydrogen-bond acceptors (Lipinski definition) is 5. The third-order valence-corrected chi connectivity index (χ3v) is 5.04. The molecule has 1 atom stereocenters. The van der Waals surface area contributed by atoms with E-state index in [2.05, 4.69) is 20.8 Å². The predicted octanol–water partition coefficient (Wildman–Crippen LogP) is 0.505. The summed E-state index contributed by atoms with van der Waals surface area (Å²) in [5, 5.41) is 14.2. The largest absolute Gasteiger partial charge is 0.352 e. The van der Waals surface area contributed by atoms with Crippen molar-refractivity contribution in [3.05, 3.63) is 35.9 Å². The van der Waals surface area contributed by atoms with Gasteiger partial charge in [0.25, 0.3) is 5.91 Å². The van der Waals surface area contributed by atoms with E-state index >= 15 is 0 Å². The molecule has 154 valence electrons. The molecule has 0 aromatic carbocycles. The molecule has 0 bridgehead atoms. The van der Waals surface area contributed by atoms with Gasteiger partial charge in [0.1, 0.15) is 6.04 Å². The van der Waals surface area contributed by atoms with Gasteiger partial charge in [-0.25, -0.2) is 0 Å². The Balaban J connectivity index is 0.00000280. The first kappa shape index (κ1) is 21.9. The summed E-state index contributed by atoms with van der Waals surface area (Å²) in [7, 11) is 5.41. The lowest BCUT2D eigenvalue weighted by atomic mass is 9.95. The van der Waals surface area contributed by atoms with Crippen molar-refractivity contribution in [2.75, 3.05) is 26.7 Å². The number of likely N-dealkylation sites (tertiary alicyclic amines) is 1. The average molecular weight is 410 g/mol. The molecule has 2 amide bonds. The molecule has 0 spiro atoms. The SMILES string of the molecule is CNC(C(=O)N1CCC(CNC(=O)c2cnn(C)c2)CC1)c1cnn(C)c1.Cl. The number of carbonyl (C=O) groups excluding carboxylic acids is 2. The van der Waals surface area contributed by atoms with Crippen molar-refractivity contribution in [3.8, 4) is 0 Å². The van der Waals surface area contributed by atoms with Gasteiger partial charge in [-0.1, -0.05) is 0 Å². The number of halogens is 1. The number of nitrogens with one attached hydrogen (secondary N) is 2. The van der Waals surface area contributed by atoms with Crippen LogP contribution in [0.4, 0.5) is 0 Å². The number of aromatic nitrogens is 4. The summed E-state index contributed by atoms with van der Waals surface area (Å²) in [4.78, 5) is 26.9. The van der Waals surface area contributed by atoms with Gasteiger partial charge in [0.2, 0.25) is 5.91 Å². The van der Waals surface area contributed by atoms with E-state index in [4.69, 9.17) is 0 Å². The van der Waals surface area contributed by atoms with Crippen molar-refractivity contribution >= 4 is 24.2 Å². The van der Waals surface area contributed by atoms with Gasteiger partial charge >= 0.3 is 0 Å². The highest BCUT2D eigenvalue weighted by Crippen LogP contribution is 2.21. The summed E-state index contributed by atoms with van der Waals surface area (Å²) in [5.41, 5.74) is 1.44. The van der Waals surface area contributed by atoms with Crippen LogP contribution in [0.2, 0.25) is 0 Å². The minimum Gasteiger partial charge on any atom is -0.352 e. The normalized spacial score (nSPS) is 15.8. The topological polar surface area (TPSA) is 97.1 Å². The van der Waals surface area contributed by atoms with E-state index < -0.39 is 0 Å². The first-order valence-electron chi connectivity index (χ1n) is 9.19.